The van der Waals surface area contributed by atoms with Crippen LogP contribution < -0.4 is 15.8 Å². The molecule has 0 fully saturated rings. The molecule has 0 aliphatic rings. The molecule has 20 heavy (non-hydrogen) atoms. The van der Waals surface area contributed by atoms with Crippen molar-refractivity contribution in [3.63, 3.8) is 0 Å². The van der Waals surface area contributed by atoms with Crippen LogP contribution in [0.3, 0.4) is 0 Å². The molecule has 1 amide bonds. The first kappa shape index (κ1) is 14.0. The Labute approximate surface area is 122 Å². The van der Waals surface area contributed by atoms with Crippen LogP contribution in [0.4, 0.5) is 0 Å². The van der Waals surface area contributed by atoms with Gasteiger partial charge in [0.25, 0.3) is 5.91 Å². The van der Waals surface area contributed by atoms with Gasteiger partial charge in [-0.15, -0.1) is 0 Å². The minimum absolute atomic E-state index is 0.0504. The first-order chi connectivity index (χ1) is 9.65. The van der Waals surface area contributed by atoms with E-state index in [0.29, 0.717) is 17.9 Å². The highest BCUT2D eigenvalue weighted by Gasteiger charge is 2.07. The van der Waals surface area contributed by atoms with Crippen LogP contribution in [-0.4, -0.2) is 11.0 Å². The van der Waals surface area contributed by atoms with Crippen molar-refractivity contribution in [1.82, 2.24) is 5.32 Å². The topological polar surface area (TPSA) is 64.3 Å². The maximum absolute atomic E-state index is 11.7. The molecule has 0 aliphatic heterocycles. The second-order valence-electron chi connectivity index (χ2n) is 4.12. The van der Waals surface area contributed by atoms with E-state index in [1.807, 2.05) is 30.3 Å². The predicted octanol–water partition coefficient (Wildman–Crippen LogP) is 2.24. The van der Waals surface area contributed by atoms with Crippen molar-refractivity contribution in [1.29, 1.82) is 0 Å². The number of nitrogens with one attached hydrogen (secondary N) is 1. The fourth-order valence-corrected chi connectivity index (χ4v) is 1.74. The summed E-state index contributed by atoms with van der Waals surface area (Å²) in [6.45, 7) is 0.446. The predicted molar refractivity (Wildman–Crippen MR) is 81.5 cm³/mol. The van der Waals surface area contributed by atoms with Crippen molar-refractivity contribution in [3.05, 3.63) is 65.7 Å². The van der Waals surface area contributed by atoms with Gasteiger partial charge in [0.05, 0.1) is 0 Å². The largest absolute Gasteiger partial charge is 0.489 e. The van der Waals surface area contributed by atoms with Crippen molar-refractivity contribution >= 4 is 23.2 Å². The first-order valence-corrected chi connectivity index (χ1v) is 6.43. The van der Waals surface area contributed by atoms with Crippen LogP contribution in [0, 0.1) is 0 Å². The highest BCUT2D eigenvalue weighted by Crippen LogP contribution is 2.15. The van der Waals surface area contributed by atoms with Crippen molar-refractivity contribution in [2.75, 3.05) is 0 Å². The third-order valence-electron chi connectivity index (χ3n) is 2.58. The number of rotatable bonds is 4. The lowest BCUT2D eigenvalue weighted by atomic mass is 10.2. The summed E-state index contributed by atoms with van der Waals surface area (Å²) in [5.41, 5.74) is 6.78. The van der Waals surface area contributed by atoms with Gasteiger partial charge in [-0.2, -0.15) is 0 Å². The van der Waals surface area contributed by atoms with Gasteiger partial charge in [0, 0.05) is 5.56 Å². The molecule has 0 bridgehead atoms. The van der Waals surface area contributed by atoms with E-state index in [1.54, 1.807) is 24.3 Å². The lowest BCUT2D eigenvalue weighted by Crippen LogP contribution is -2.34. The average Bonchev–Trinajstić information content (AvgIpc) is 2.46. The minimum Gasteiger partial charge on any atom is -0.489 e. The fourth-order valence-electron chi connectivity index (χ4n) is 1.65. The summed E-state index contributed by atoms with van der Waals surface area (Å²) in [7, 11) is 0. The van der Waals surface area contributed by atoms with Crippen LogP contribution in [0.2, 0.25) is 0 Å². The Hall–Kier alpha value is -2.40. The molecule has 5 heteroatoms. The molecule has 2 aromatic carbocycles. The zero-order valence-corrected chi connectivity index (χ0v) is 11.5. The normalized spacial score (nSPS) is 9.80. The van der Waals surface area contributed by atoms with Gasteiger partial charge in [0.1, 0.15) is 12.4 Å². The van der Waals surface area contributed by atoms with Crippen molar-refractivity contribution < 1.29 is 9.53 Å². The molecule has 0 aromatic heterocycles. The number of hydrogen-bond acceptors (Lipinski definition) is 3. The zero-order valence-electron chi connectivity index (χ0n) is 10.7. The van der Waals surface area contributed by atoms with Gasteiger partial charge in [-0.1, -0.05) is 36.4 Å². The van der Waals surface area contributed by atoms with E-state index in [4.69, 9.17) is 10.5 Å². The molecule has 2 rings (SSSR count). The summed E-state index contributed by atoms with van der Waals surface area (Å²) in [6, 6.07) is 16.7. The molecular formula is C15H14N2O2S. The highest BCUT2D eigenvalue weighted by molar-refractivity contribution is 7.80. The zero-order chi connectivity index (χ0) is 14.4. The standard InChI is InChI=1S/C15H14N2O2S/c16-15(20)17-14(18)12-7-4-8-13(9-12)19-10-11-5-2-1-3-6-11/h1-9H,10H2,(H3,16,17,18,20). The number of carbonyl (C=O) groups is 1. The lowest BCUT2D eigenvalue weighted by Gasteiger charge is -2.08. The molecule has 0 heterocycles. The Morgan fingerprint density at radius 3 is 2.60 bits per heavy atom. The Morgan fingerprint density at radius 1 is 1.15 bits per heavy atom. The molecule has 0 spiro atoms. The second kappa shape index (κ2) is 6.68. The number of benzene rings is 2. The smallest absolute Gasteiger partial charge is 0.257 e. The Kier molecular flexibility index (Phi) is 4.68. The van der Waals surface area contributed by atoms with Crippen LogP contribution >= 0.6 is 12.2 Å². The van der Waals surface area contributed by atoms with Crippen LogP contribution in [0.5, 0.6) is 5.75 Å². The first-order valence-electron chi connectivity index (χ1n) is 6.03. The summed E-state index contributed by atoms with van der Waals surface area (Å²) in [4.78, 5) is 11.7. The molecular weight excluding hydrogens is 272 g/mol. The van der Waals surface area contributed by atoms with Crippen LogP contribution in [0.25, 0.3) is 0 Å². The van der Waals surface area contributed by atoms with Crippen LogP contribution in [0.15, 0.2) is 54.6 Å². The van der Waals surface area contributed by atoms with E-state index in [1.165, 1.54) is 0 Å². The third kappa shape index (κ3) is 4.07. The summed E-state index contributed by atoms with van der Waals surface area (Å²) in [6.07, 6.45) is 0. The van der Waals surface area contributed by atoms with Crippen molar-refractivity contribution in [3.8, 4) is 5.75 Å². The van der Waals surface area contributed by atoms with Gasteiger partial charge in [0.2, 0.25) is 0 Å². The summed E-state index contributed by atoms with van der Waals surface area (Å²) >= 11 is 4.63. The highest BCUT2D eigenvalue weighted by atomic mass is 32.1. The second-order valence-corrected chi connectivity index (χ2v) is 4.56. The molecule has 3 N–H and O–H groups in total. The Bertz CT molecular complexity index is 614. The number of carbonyl (C=O) groups excluding carboxylic acids is 1. The molecule has 2 aromatic rings. The maximum Gasteiger partial charge on any atom is 0.257 e. The van der Waals surface area contributed by atoms with E-state index in [0.717, 1.165) is 5.56 Å². The molecule has 0 unspecified atom stereocenters. The van der Waals surface area contributed by atoms with Gasteiger partial charge in [0.15, 0.2) is 5.11 Å². The number of nitrogens with two attached hydrogens (primary N) is 1. The van der Waals surface area contributed by atoms with E-state index in [2.05, 4.69) is 17.5 Å². The number of hydrogen-bond donors (Lipinski definition) is 2. The SMILES string of the molecule is NC(=S)NC(=O)c1cccc(OCc2ccccc2)c1. The molecule has 4 nitrogen and oxygen atoms in total. The van der Waals surface area contributed by atoms with Crippen LogP contribution in [-0.2, 0) is 6.61 Å². The molecule has 102 valence electrons. The van der Waals surface area contributed by atoms with E-state index >= 15 is 0 Å². The monoisotopic (exact) mass is 286 g/mol. The quantitative estimate of drug-likeness (QED) is 0.846. The number of ether oxygens (including phenoxy) is 1. The van der Waals surface area contributed by atoms with Gasteiger partial charge in [-0.25, -0.2) is 0 Å². The van der Waals surface area contributed by atoms with Crippen molar-refractivity contribution in [2.45, 2.75) is 6.61 Å². The average molecular weight is 286 g/mol. The summed E-state index contributed by atoms with van der Waals surface area (Å²) < 4.78 is 5.64. The van der Waals surface area contributed by atoms with Crippen molar-refractivity contribution in [2.24, 2.45) is 5.73 Å². The number of amides is 1. The minimum atomic E-state index is -0.345. The van der Waals surface area contributed by atoms with Gasteiger partial charge in [-0.05, 0) is 36.0 Å². The van der Waals surface area contributed by atoms with E-state index in [9.17, 15) is 4.79 Å². The van der Waals surface area contributed by atoms with E-state index in [-0.39, 0.29) is 11.0 Å². The molecule has 0 aliphatic carbocycles. The molecule has 0 radical (unpaired) electrons. The Morgan fingerprint density at radius 2 is 1.90 bits per heavy atom. The fraction of sp³-hybridized carbons (Fsp3) is 0.0667. The van der Waals surface area contributed by atoms with Crippen LogP contribution in [0.1, 0.15) is 15.9 Å². The molecule has 0 atom stereocenters. The maximum atomic E-state index is 11.7. The van der Waals surface area contributed by atoms with E-state index < -0.39 is 0 Å². The molecule has 0 saturated heterocycles. The molecule has 0 saturated carbocycles. The third-order valence-corrected chi connectivity index (χ3v) is 2.68. The summed E-state index contributed by atoms with van der Waals surface area (Å²) in [5, 5.41) is 2.32. The lowest BCUT2D eigenvalue weighted by molar-refractivity contribution is 0.0977. The number of thiocarbonyl (C=S) groups is 1. The Balaban J connectivity index is 2.02. The van der Waals surface area contributed by atoms with Gasteiger partial charge < -0.3 is 10.5 Å². The van der Waals surface area contributed by atoms with Gasteiger partial charge in [-0.3, -0.25) is 10.1 Å². The van der Waals surface area contributed by atoms with Gasteiger partial charge >= 0.3 is 0 Å². The summed E-state index contributed by atoms with van der Waals surface area (Å²) in [5.74, 6) is 0.270.